The van der Waals surface area contributed by atoms with Crippen LogP contribution >= 0.6 is 43.5 Å². The van der Waals surface area contributed by atoms with Crippen LogP contribution in [0.15, 0.2) is 33.2 Å². The van der Waals surface area contributed by atoms with E-state index in [9.17, 15) is 0 Å². The topological polar surface area (TPSA) is 12.9 Å². The van der Waals surface area contributed by atoms with Crippen molar-refractivity contribution in [2.45, 2.75) is 0 Å². The Labute approximate surface area is 97.4 Å². The molecule has 0 fully saturated rings. The molecule has 66 valence electrons. The number of rotatable bonds is 0. The summed E-state index contributed by atoms with van der Waals surface area (Å²) in [7, 11) is 0. The van der Waals surface area contributed by atoms with Gasteiger partial charge in [-0.3, -0.25) is 0 Å². The Bertz CT molecular complexity index is 470. The van der Waals surface area contributed by atoms with Gasteiger partial charge in [-0.1, -0.05) is 27.5 Å². The molecular weight excluding hydrogens is 317 g/mol. The molecule has 0 aliphatic rings. The molecule has 1 aromatic heterocycles. The number of pyridine rings is 1. The minimum absolute atomic E-state index is 0.495. The van der Waals surface area contributed by atoms with Crippen LogP contribution in [-0.4, -0.2) is 4.98 Å². The van der Waals surface area contributed by atoms with E-state index in [-0.39, 0.29) is 0 Å². The standard InChI is InChI=1S/C9H4Br2ClN/c10-6-1-2-8-5(3-6)4-7(11)9(12)13-8/h1-4H. The molecule has 2 rings (SSSR count). The van der Waals surface area contributed by atoms with Gasteiger partial charge in [0.05, 0.1) is 9.99 Å². The largest absolute Gasteiger partial charge is 0.235 e. The van der Waals surface area contributed by atoms with E-state index in [0.717, 1.165) is 19.8 Å². The SMILES string of the molecule is Clc1nc2ccc(Br)cc2cc1Br. The number of hydrogen-bond donors (Lipinski definition) is 0. The van der Waals surface area contributed by atoms with Gasteiger partial charge in [-0.25, -0.2) is 4.98 Å². The molecule has 1 heterocycles. The zero-order chi connectivity index (χ0) is 9.42. The molecule has 4 heteroatoms. The van der Waals surface area contributed by atoms with Gasteiger partial charge in [0.15, 0.2) is 0 Å². The molecule has 0 spiro atoms. The predicted octanol–water partition coefficient (Wildman–Crippen LogP) is 4.41. The van der Waals surface area contributed by atoms with Crippen molar-refractivity contribution in [3.05, 3.63) is 38.4 Å². The van der Waals surface area contributed by atoms with Crippen molar-refractivity contribution in [1.29, 1.82) is 0 Å². The second-order valence-corrected chi connectivity index (χ2v) is 4.73. The molecule has 0 radical (unpaired) electrons. The number of halogens is 3. The normalized spacial score (nSPS) is 10.7. The molecule has 0 N–H and O–H groups in total. The van der Waals surface area contributed by atoms with Crippen molar-refractivity contribution in [2.75, 3.05) is 0 Å². The van der Waals surface area contributed by atoms with Gasteiger partial charge in [0.25, 0.3) is 0 Å². The van der Waals surface area contributed by atoms with Crippen molar-refractivity contribution in [3.8, 4) is 0 Å². The van der Waals surface area contributed by atoms with Crippen molar-refractivity contribution in [1.82, 2.24) is 4.98 Å². The Hall–Kier alpha value is -0.120. The third kappa shape index (κ3) is 1.87. The van der Waals surface area contributed by atoms with Crippen molar-refractivity contribution < 1.29 is 0 Å². The summed E-state index contributed by atoms with van der Waals surface area (Å²) in [6.45, 7) is 0. The Morgan fingerprint density at radius 3 is 2.69 bits per heavy atom. The average Bonchev–Trinajstić information content (AvgIpc) is 2.08. The first kappa shape index (κ1) is 9.44. The first-order valence-corrected chi connectivity index (χ1v) is 5.54. The zero-order valence-corrected chi connectivity index (χ0v) is 10.3. The molecule has 0 unspecified atom stereocenters. The Morgan fingerprint density at radius 1 is 1.15 bits per heavy atom. The van der Waals surface area contributed by atoms with Crippen LogP contribution in [0, 0.1) is 0 Å². The Morgan fingerprint density at radius 2 is 1.92 bits per heavy atom. The Kier molecular flexibility index (Phi) is 2.58. The fourth-order valence-corrected chi connectivity index (χ4v) is 1.96. The highest BCUT2D eigenvalue weighted by molar-refractivity contribution is 9.10. The molecule has 0 atom stereocenters. The number of aromatic nitrogens is 1. The van der Waals surface area contributed by atoms with E-state index < -0.39 is 0 Å². The summed E-state index contributed by atoms with van der Waals surface area (Å²) in [6.07, 6.45) is 0. The van der Waals surface area contributed by atoms with E-state index in [4.69, 9.17) is 11.6 Å². The van der Waals surface area contributed by atoms with Crippen LogP contribution in [0.5, 0.6) is 0 Å². The maximum absolute atomic E-state index is 5.86. The zero-order valence-electron chi connectivity index (χ0n) is 6.39. The fraction of sp³-hybridized carbons (Fsp3) is 0. The highest BCUT2D eigenvalue weighted by atomic mass is 79.9. The monoisotopic (exact) mass is 319 g/mol. The first-order chi connectivity index (χ1) is 6.16. The van der Waals surface area contributed by atoms with Gasteiger partial charge in [0, 0.05) is 9.86 Å². The lowest BCUT2D eigenvalue weighted by atomic mass is 10.2. The van der Waals surface area contributed by atoms with E-state index in [1.54, 1.807) is 0 Å². The van der Waals surface area contributed by atoms with Crippen LogP contribution in [0.25, 0.3) is 10.9 Å². The summed E-state index contributed by atoms with van der Waals surface area (Å²) < 4.78 is 1.86. The van der Waals surface area contributed by atoms with Gasteiger partial charge in [-0.15, -0.1) is 0 Å². The van der Waals surface area contributed by atoms with Crippen molar-refractivity contribution >= 4 is 54.4 Å². The molecule has 0 bridgehead atoms. The number of hydrogen-bond acceptors (Lipinski definition) is 1. The quantitative estimate of drug-likeness (QED) is 0.655. The third-order valence-corrected chi connectivity index (χ3v) is 3.30. The minimum Gasteiger partial charge on any atom is -0.235 e. The van der Waals surface area contributed by atoms with Gasteiger partial charge in [-0.05, 0) is 40.2 Å². The molecule has 0 saturated carbocycles. The molecule has 0 aliphatic heterocycles. The van der Waals surface area contributed by atoms with Crippen molar-refractivity contribution in [3.63, 3.8) is 0 Å². The molecule has 13 heavy (non-hydrogen) atoms. The second kappa shape index (κ2) is 3.56. The van der Waals surface area contributed by atoms with Gasteiger partial charge in [0.1, 0.15) is 5.15 Å². The van der Waals surface area contributed by atoms with E-state index in [1.165, 1.54) is 0 Å². The van der Waals surface area contributed by atoms with Gasteiger partial charge < -0.3 is 0 Å². The van der Waals surface area contributed by atoms with Gasteiger partial charge in [0.2, 0.25) is 0 Å². The predicted molar refractivity (Wildman–Crippen MR) is 62.2 cm³/mol. The van der Waals surface area contributed by atoms with Crippen LogP contribution in [-0.2, 0) is 0 Å². The summed E-state index contributed by atoms with van der Waals surface area (Å²) in [6, 6.07) is 7.83. The van der Waals surface area contributed by atoms with E-state index in [1.807, 2.05) is 24.3 Å². The first-order valence-electron chi connectivity index (χ1n) is 3.58. The lowest BCUT2D eigenvalue weighted by molar-refractivity contribution is 1.39. The van der Waals surface area contributed by atoms with Crippen LogP contribution in [0.1, 0.15) is 0 Å². The van der Waals surface area contributed by atoms with Crippen LogP contribution in [0.2, 0.25) is 5.15 Å². The van der Waals surface area contributed by atoms with Crippen LogP contribution in [0.4, 0.5) is 0 Å². The molecule has 0 aliphatic carbocycles. The van der Waals surface area contributed by atoms with E-state index >= 15 is 0 Å². The Balaban J connectivity index is 2.81. The minimum atomic E-state index is 0.495. The molecule has 2 aromatic rings. The summed E-state index contributed by atoms with van der Waals surface area (Å²) >= 11 is 12.6. The molecular formula is C9H4Br2ClN. The van der Waals surface area contributed by atoms with Gasteiger partial charge in [-0.2, -0.15) is 0 Å². The molecule has 1 nitrogen and oxygen atoms in total. The van der Waals surface area contributed by atoms with Crippen molar-refractivity contribution in [2.24, 2.45) is 0 Å². The molecule has 0 saturated heterocycles. The van der Waals surface area contributed by atoms with E-state index in [0.29, 0.717) is 5.15 Å². The number of benzene rings is 1. The fourth-order valence-electron chi connectivity index (χ4n) is 1.10. The maximum atomic E-state index is 5.86. The summed E-state index contributed by atoms with van der Waals surface area (Å²) in [4.78, 5) is 4.21. The molecule has 0 amide bonds. The molecule has 1 aromatic carbocycles. The van der Waals surface area contributed by atoms with Crippen LogP contribution < -0.4 is 0 Å². The lowest BCUT2D eigenvalue weighted by Gasteiger charge is -2.00. The maximum Gasteiger partial charge on any atom is 0.143 e. The van der Waals surface area contributed by atoms with Crippen LogP contribution in [0.3, 0.4) is 0 Å². The smallest absolute Gasteiger partial charge is 0.143 e. The third-order valence-electron chi connectivity index (χ3n) is 1.69. The average molecular weight is 321 g/mol. The summed E-state index contributed by atoms with van der Waals surface area (Å²) in [5, 5.41) is 1.56. The summed E-state index contributed by atoms with van der Waals surface area (Å²) in [5.41, 5.74) is 0.899. The van der Waals surface area contributed by atoms with E-state index in [2.05, 4.69) is 36.8 Å². The number of fused-ring (bicyclic) bond motifs is 1. The highest BCUT2D eigenvalue weighted by Crippen LogP contribution is 2.26. The second-order valence-electron chi connectivity index (χ2n) is 2.60. The summed E-state index contributed by atoms with van der Waals surface area (Å²) in [5.74, 6) is 0. The lowest BCUT2D eigenvalue weighted by Crippen LogP contribution is -1.81. The van der Waals surface area contributed by atoms with Gasteiger partial charge >= 0.3 is 0 Å². The highest BCUT2D eigenvalue weighted by Gasteiger charge is 2.01. The number of nitrogens with zero attached hydrogens (tertiary/aromatic N) is 1.